The van der Waals surface area contributed by atoms with E-state index in [0.29, 0.717) is 17.1 Å². The number of rotatable bonds is 4. The number of hydrogen-bond donors (Lipinski definition) is 0. The van der Waals surface area contributed by atoms with Crippen molar-refractivity contribution in [1.82, 2.24) is 4.90 Å². The molecule has 0 aromatic heterocycles. The fraction of sp³-hybridized carbons (Fsp3) is 0.176. The molecule has 1 saturated heterocycles. The molecular formula is C17H16N2O3S. The number of hydrogen-bond acceptors (Lipinski definition) is 3. The van der Waals surface area contributed by atoms with Crippen molar-refractivity contribution in [3.8, 4) is 0 Å². The predicted molar refractivity (Wildman–Crippen MR) is 88.5 cm³/mol. The molecule has 5 nitrogen and oxygen atoms in total. The number of imide groups is 1. The highest BCUT2D eigenvalue weighted by atomic mass is 32.2. The second-order valence-corrected chi connectivity index (χ2v) is 6.68. The summed E-state index contributed by atoms with van der Waals surface area (Å²) in [6.07, 6.45) is 1.56. The van der Waals surface area contributed by atoms with Gasteiger partial charge >= 0.3 is 6.03 Å². The van der Waals surface area contributed by atoms with Gasteiger partial charge in [0.05, 0.1) is 5.69 Å². The molecule has 1 aliphatic rings. The molecule has 23 heavy (non-hydrogen) atoms. The van der Waals surface area contributed by atoms with Gasteiger partial charge in [-0.2, -0.15) is 0 Å². The smallest absolute Gasteiger partial charge is 0.310 e. The maximum absolute atomic E-state index is 12.6. The van der Waals surface area contributed by atoms with Crippen molar-refractivity contribution in [3.05, 3.63) is 60.2 Å². The van der Waals surface area contributed by atoms with Crippen molar-refractivity contribution < 1.29 is 13.8 Å². The quantitative estimate of drug-likeness (QED) is 0.810. The number of amides is 3. The molecule has 0 saturated carbocycles. The molecule has 0 N–H and O–H groups in total. The Labute approximate surface area is 137 Å². The maximum Gasteiger partial charge on any atom is 0.332 e. The topological polar surface area (TPSA) is 57.7 Å². The van der Waals surface area contributed by atoms with E-state index in [4.69, 9.17) is 0 Å². The standard InChI is InChI=1S/C17H16N2O3S/c1-23(22)15-9-5-8-14(10-15)19-16(20)12-18(17(19)21)11-13-6-3-2-4-7-13/h2-10H,11-12H2,1H3. The Hall–Kier alpha value is -2.47. The number of carbonyl (C=O) groups excluding carboxylic acids is 2. The Morgan fingerprint density at radius 2 is 1.78 bits per heavy atom. The predicted octanol–water partition coefficient (Wildman–Crippen LogP) is 2.39. The molecule has 1 unspecified atom stereocenters. The minimum atomic E-state index is -1.16. The van der Waals surface area contributed by atoms with E-state index in [1.807, 2.05) is 30.3 Å². The van der Waals surface area contributed by atoms with Crippen LogP contribution in [0.4, 0.5) is 10.5 Å². The van der Waals surface area contributed by atoms with Gasteiger partial charge in [-0.3, -0.25) is 9.00 Å². The van der Waals surface area contributed by atoms with Gasteiger partial charge in [-0.15, -0.1) is 0 Å². The van der Waals surface area contributed by atoms with Gasteiger partial charge in [0.1, 0.15) is 6.54 Å². The first-order valence-corrected chi connectivity index (χ1v) is 8.71. The van der Waals surface area contributed by atoms with E-state index in [9.17, 15) is 13.8 Å². The lowest BCUT2D eigenvalue weighted by Gasteiger charge is -2.17. The molecule has 1 fully saturated rings. The van der Waals surface area contributed by atoms with Gasteiger partial charge in [-0.25, -0.2) is 9.69 Å². The molecule has 0 bridgehead atoms. The van der Waals surface area contributed by atoms with Crippen molar-refractivity contribution in [2.75, 3.05) is 17.7 Å². The first-order valence-electron chi connectivity index (χ1n) is 7.15. The summed E-state index contributed by atoms with van der Waals surface area (Å²) in [5.74, 6) is -0.273. The monoisotopic (exact) mass is 328 g/mol. The van der Waals surface area contributed by atoms with Crippen molar-refractivity contribution in [2.24, 2.45) is 0 Å². The third-order valence-electron chi connectivity index (χ3n) is 3.66. The van der Waals surface area contributed by atoms with Crippen LogP contribution in [-0.2, 0) is 22.1 Å². The number of nitrogens with zero attached hydrogens (tertiary/aromatic N) is 2. The molecule has 3 amide bonds. The Kier molecular flexibility index (Phi) is 4.25. The van der Waals surface area contributed by atoms with Crippen molar-refractivity contribution in [3.63, 3.8) is 0 Å². The molecule has 0 spiro atoms. The summed E-state index contributed by atoms with van der Waals surface area (Å²) < 4.78 is 11.6. The molecular weight excluding hydrogens is 312 g/mol. The van der Waals surface area contributed by atoms with Crippen molar-refractivity contribution >= 4 is 28.4 Å². The number of urea groups is 1. The van der Waals surface area contributed by atoms with Crippen LogP contribution in [0, 0.1) is 0 Å². The van der Waals surface area contributed by atoms with Crippen LogP contribution in [0.15, 0.2) is 59.5 Å². The van der Waals surface area contributed by atoms with Crippen LogP contribution in [0.2, 0.25) is 0 Å². The van der Waals surface area contributed by atoms with Gasteiger partial charge in [-0.1, -0.05) is 36.4 Å². The lowest BCUT2D eigenvalue weighted by molar-refractivity contribution is -0.116. The van der Waals surface area contributed by atoms with E-state index in [2.05, 4.69) is 0 Å². The SMILES string of the molecule is CS(=O)c1cccc(N2C(=O)CN(Cc3ccccc3)C2=O)c1. The highest BCUT2D eigenvalue weighted by Crippen LogP contribution is 2.24. The van der Waals surface area contributed by atoms with Crippen LogP contribution in [-0.4, -0.2) is 33.8 Å². The fourth-order valence-corrected chi connectivity index (χ4v) is 3.09. The summed E-state index contributed by atoms with van der Waals surface area (Å²) in [6, 6.07) is 15.9. The summed E-state index contributed by atoms with van der Waals surface area (Å²) in [7, 11) is -1.16. The van der Waals surface area contributed by atoms with Crippen molar-refractivity contribution in [2.45, 2.75) is 11.4 Å². The molecule has 6 heteroatoms. The van der Waals surface area contributed by atoms with Crippen LogP contribution in [0.5, 0.6) is 0 Å². The fourth-order valence-electron chi connectivity index (χ4n) is 2.53. The van der Waals surface area contributed by atoms with Gasteiger partial charge in [0.2, 0.25) is 0 Å². The second-order valence-electron chi connectivity index (χ2n) is 5.30. The average Bonchev–Trinajstić information content (AvgIpc) is 2.82. The highest BCUT2D eigenvalue weighted by Gasteiger charge is 2.37. The number of carbonyl (C=O) groups is 2. The molecule has 3 rings (SSSR count). The summed E-state index contributed by atoms with van der Waals surface area (Å²) in [5, 5.41) is 0. The van der Waals surface area contributed by atoms with E-state index in [0.717, 1.165) is 10.5 Å². The zero-order chi connectivity index (χ0) is 16.4. The summed E-state index contributed by atoms with van der Waals surface area (Å²) >= 11 is 0. The lowest BCUT2D eigenvalue weighted by Crippen LogP contribution is -2.32. The molecule has 0 aliphatic carbocycles. The molecule has 118 valence electrons. The van der Waals surface area contributed by atoms with Gasteiger partial charge in [0, 0.05) is 28.5 Å². The average molecular weight is 328 g/mol. The Morgan fingerprint density at radius 1 is 1.04 bits per heavy atom. The molecule has 2 aromatic rings. The Bertz CT molecular complexity index is 776. The van der Waals surface area contributed by atoms with E-state index >= 15 is 0 Å². The minimum absolute atomic E-state index is 0.0488. The normalized spacial score (nSPS) is 16.0. The first-order chi connectivity index (χ1) is 11.1. The van der Waals surface area contributed by atoms with Crippen molar-refractivity contribution in [1.29, 1.82) is 0 Å². The van der Waals surface area contributed by atoms with Crippen LogP contribution in [0.25, 0.3) is 0 Å². The molecule has 1 heterocycles. The molecule has 1 atom stereocenters. The molecule has 2 aromatic carbocycles. The molecule has 1 aliphatic heterocycles. The van der Waals surface area contributed by atoms with E-state index < -0.39 is 10.8 Å². The third-order valence-corrected chi connectivity index (χ3v) is 4.58. The lowest BCUT2D eigenvalue weighted by atomic mass is 10.2. The maximum atomic E-state index is 12.6. The number of anilines is 1. The zero-order valence-electron chi connectivity index (χ0n) is 12.6. The van der Waals surface area contributed by atoms with E-state index in [1.54, 1.807) is 30.5 Å². The minimum Gasteiger partial charge on any atom is -0.310 e. The highest BCUT2D eigenvalue weighted by molar-refractivity contribution is 7.84. The third kappa shape index (κ3) is 3.17. The van der Waals surface area contributed by atoms with Crippen LogP contribution in [0.3, 0.4) is 0 Å². The Balaban J connectivity index is 1.84. The second kappa shape index (κ2) is 6.34. The number of benzene rings is 2. The zero-order valence-corrected chi connectivity index (χ0v) is 13.5. The van der Waals surface area contributed by atoms with Crippen LogP contribution >= 0.6 is 0 Å². The Morgan fingerprint density at radius 3 is 2.48 bits per heavy atom. The summed E-state index contributed by atoms with van der Waals surface area (Å²) in [6.45, 7) is 0.439. The van der Waals surface area contributed by atoms with E-state index in [-0.39, 0.29) is 18.5 Å². The summed E-state index contributed by atoms with van der Waals surface area (Å²) in [5.41, 5.74) is 1.43. The largest absolute Gasteiger partial charge is 0.332 e. The van der Waals surface area contributed by atoms with Gasteiger partial charge in [-0.05, 0) is 23.8 Å². The van der Waals surface area contributed by atoms with Gasteiger partial charge < -0.3 is 4.90 Å². The molecule has 0 radical (unpaired) electrons. The van der Waals surface area contributed by atoms with Gasteiger partial charge in [0.15, 0.2) is 0 Å². The first kappa shape index (κ1) is 15.4. The van der Waals surface area contributed by atoms with Crippen LogP contribution < -0.4 is 4.90 Å². The van der Waals surface area contributed by atoms with Gasteiger partial charge in [0.25, 0.3) is 5.91 Å². The summed E-state index contributed by atoms with van der Waals surface area (Å²) in [4.78, 5) is 28.1. The van der Waals surface area contributed by atoms with Crippen LogP contribution in [0.1, 0.15) is 5.56 Å². The van der Waals surface area contributed by atoms with E-state index in [1.165, 1.54) is 4.90 Å².